The minimum atomic E-state index is -0.780. The number of nitrogens with one attached hydrogen (secondary N) is 2. The van der Waals surface area contributed by atoms with Crippen LogP contribution in [0.5, 0.6) is 0 Å². The number of carbonyl (C=O) groups excluding carboxylic acids is 2. The van der Waals surface area contributed by atoms with E-state index in [1.165, 1.54) is 6.92 Å². The van der Waals surface area contributed by atoms with Crippen molar-refractivity contribution in [3.05, 3.63) is 22.2 Å². The Kier molecular flexibility index (Phi) is 2.61. The number of amides is 2. The summed E-state index contributed by atoms with van der Waals surface area (Å²) in [6.45, 7) is 1.24. The zero-order chi connectivity index (χ0) is 10.7. The van der Waals surface area contributed by atoms with E-state index in [1.807, 2.05) is 0 Å². The lowest BCUT2D eigenvalue weighted by atomic mass is 10.3. The van der Waals surface area contributed by atoms with E-state index >= 15 is 0 Å². The molecule has 0 aliphatic carbocycles. The molecule has 1 aromatic rings. The van der Waals surface area contributed by atoms with Crippen molar-refractivity contribution in [2.24, 2.45) is 5.73 Å². The Hall–Kier alpha value is -2.18. The summed E-state index contributed by atoms with van der Waals surface area (Å²) >= 11 is 0. The van der Waals surface area contributed by atoms with Gasteiger partial charge in [0.05, 0.1) is 5.56 Å². The maximum Gasteiger partial charge on any atom is 0.346 e. The highest BCUT2D eigenvalue weighted by molar-refractivity contribution is 6.00. The van der Waals surface area contributed by atoms with E-state index in [2.05, 4.69) is 15.3 Å². The number of aromatic nitrogens is 2. The van der Waals surface area contributed by atoms with Crippen LogP contribution < -0.4 is 16.7 Å². The molecule has 0 aliphatic heterocycles. The molecule has 1 heterocycles. The molecule has 0 unspecified atom stereocenters. The van der Waals surface area contributed by atoms with Gasteiger partial charge in [0.15, 0.2) is 0 Å². The molecule has 74 valence electrons. The molecule has 0 aliphatic rings. The zero-order valence-corrected chi connectivity index (χ0v) is 7.33. The van der Waals surface area contributed by atoms with Crippen molar-refractivity contribution in [3.63, 3.8) is 0 Å². The smallest absolute Gasteiger partial charge is 0.346 e. The summed E-state index contributed by atoms with van der Waals surface area (Å²) in [7, 11) is 0. The molecule has 0 atom stereocenters. The molecule has 0 saturated carbocycles. The molecule has 1 aromatic heterocycles. The molecule has 0 fully saturated rings. The molecule has 7 nitrogen and oxygen atoms in total. The molecule has 0 spiro atoms. The third-order valence-corrected chi connectivity index (χ3v) is 1.38. The Morgan fingerprint density at radius 3 is 2.71 bits per heavy atom. The summed E-state index contributed by atoms with van der Waals surface area (Å²) in [6, 6.07) is 0. The molecule has 0 radical (unpaired) electrons. The Morgan fingerprint density at radius 1 is 1.57 bits per heavy atom. The van der Waals surface area contributed by atoms with E-state index in [9.17, 15) is 14.4 Å². The Labute approximate surface area is 78.3 Å². The lowest BCUT2D eigenvalue weighted by Gasteiger charge is -2.04. The van der Waals surface area contributed by atoms with Crippen LogP contribution in [0.15, 0.2) is 11.0 Å². The maximum absolute atomic E-state index is 10.8. The fourth-order valence-corrected chi connectivity index (χ4v) is 0.856. The van der Waals surface area contributed by atoms with E-state index in [0.717, 1.165) is 6.20 Å². The van der Waals surface area contributed by atoms with Gasteiger partial charge in [0.25, 0.3) is 5.91 Å². The second kappa shape index (κ2) is 3.69. The maximum atomic E-state index is 10.8. The van der Waals surface area contributed by atoms with Gasteiger partial charge < -0.3 is 11.1 Å². The molecule has 0 aromatic carbocycles. The minimum Gasteiger partial charge on any atom is -0.365 e. The van der Waals surface area contributed by atoms with Crippen molar-refractivity contribution in [2.75, 3.05) is 5.32 Å². The summed E-state index contributed by atoms with van der Waals surface area (Å²) in [5, 5.41) is 2.26. The minimum absolute atomic E-state index is 0.0370. The summed E-state index contributed by atoms with van der Waals surface area (Å²) in [5.41, 5.74) is 4.28. The van der Waals surface area contributed by atoms with Crippen LogP contribution in [-0.2, 0) is 4.79 Å². The lowest BCUT2D eigenvalue weighted by Crippen LogP contribution is -2.22. The Morgan fingerprint density at radius 2 is 2.21 bits per heavy atom. The number of nitrogens with zero attached hydrogens (tertiary/aromatic N) is 1. The summed E-state index contributed by atoms with van der Waals surface area (Å²) in [5.74, 6) is -1.24. The predicted molar refractivity (Wildman–Crippen MR) is 47.7 cm³/mol. The topological polar surface area (TPSA) is 118 Å². The van der Waals surface area contributed by atoms with Gasteiger partial charge in [-0.15, -0.1) is 0 Å². The normalized spacial score (nSPS) is 9.50. The van der Waals surface area contributed by atoms with Crippen molar-refractivity contribution >= 4 is 17.6 Å². The number of primary amides is 1. The molecule has 2 amide bonds. The Balaban J connectivity index is 3.22. The van der Waals surface area contributed by atoms with Crippen LogP contribution in [0.1, 0.15) is 17.3 Å². The van der Waals surface area contributed by atoms with E-state index in [0.29, 0.717) is 0 Å². The molecule has 0 bridgehead atoms. The fraction of sp³-hybridized carbons (Fsp3) is 0.143. The highest BCUT2D eigenvalue weighted by Gasteiger charge is 2.10. The van der Waals surface area contributed by atoms with Gasteiger partial charge in [0, 0.05) is 13.1 Å². The number of hydrogen-bond donors (Lipinski definition) is 3. The number of aromatic amines is 1. The van der Waals surface area contributed by atoms with Gasteiger partial charge in [0.2, 0.25) is 5.91 Å². The van der Waals surface area contributed by atoms with Crippen molar-refractivity contribution < 1.29 is 9.59 Å². The van der Waals surface area contributed by atoms with E-state index in [-0.39, 0.29) is 11.4 Å². The number of nitrogens with two attached hydrogens (primary N) is 1. The monoisotopic (exact) mass is 196 g/mol. The highest BCUT2D eigenvalue weighted by Crippen LogP contribution is 2.06. The van der Waals surface area contributed by atoms with Crippen LogP contribution in [-0.4, -0.2) is 21.8 Å². The SMILES string of the molecule is CC(=O)Nc1[nH]c(=O)ncc1C(N)=O. The first-order valence-corrected chi connectivity index (χ1v) is 3.67. The standard InChI is InChI=1S/C7H8N4O3/c1-3(12)10-6-4(5(8)13)2-9-7(14)11-6/h2H,1H3,(H2,8,13)(H2,9,10,11,12,14). The van der Waals surface area contributed by atoms with Gasteiger partial charge >= 0.3 is 5.69 Å². The molecule has 0 saturated heterocycles. The molecule has 4 N–H and O–H groups in total. The van der Waals surface area contributed by atoms with Crippen molar-refractivity contribution in [3.8, 4) is 0 Å². The third kappa shape index (κ3) is 2.16. The number of carbonyl (C=O) groups is 2. The van der Waals surface area contributed by atoms with E-state index in [4.69, 9.17) is 5.73 Å². The van der Waals surface area contributed by atoms with Crippen molar-refractivity contribution in [2.45, 2.75) is 6.92 Å². The molecule has 7 heteroatoms. The van der Waals surface area contributed by atoms with E-state index in [1.54, 1.807) is 0 Å². The average Bonchev–Trinajstić information content (AvgIpc) is 2.01. The van der Waals surface area contributed by atoms with Gasteiger partial charge in [-0.05, 0) is 0 Å². The van der Waals surface area contributed by atoms with Crippen LogP contribution >= 0.6 is 0 Å². The highest BCUT2D eigenvalue weighted by atomic mass is 16.2. The van der Waals surface area contributed by atoms with Gasteiger partial charge in [0.1, 0.15) is 5.82 Å². The van der Waals surface area contributed by atoms with Crippen LogP contribution in [0.2, 0.25) is 0 Å². The van der Waals surface area contributed by atoms with Crippen LogP contribution in [0.25, 0.3) is 0 Å². The first kappa shape index (κ1) is 9.90. The third-order valence-electron chi connectivity index (χ3n) is 1.38. The van der Waals surface area contributed by atoms with Crippen LogP contribution in [0.3, 0.4) is 0 Å². The van der Waals surface area contributed by atoms with E-state index < -0.39 is 17.5 Å². The van der Waals surface area contributed by atoms with Crippen molar-refractivity contribution in [1.29, 1.82) is 0 Å². The largest absolute Gasteiger partial charge is 0.365 e. The molecule has 14 heavy (non-hydrogen) atoms. The quantitative estimate of drug-likeness (QED) is 0.552. The number of anilines is 1. The number of rotatable bonds is 2. The van der Waals surface area contributed by atoms with Crippen LogP contribution in [0, 0.1) is 0 Å². The van der Waals surface area contributed by atoms with Crippen LogP contribution in [0.4, 0.5) is 5.82 Å². The molecule has 1 rings (SSSR count). The van der Waals surface area contributed by atoms with Gasteiger partial charge in [-0.2, -0.15) is 0 Å². The summed E-state index contributed by atoms with van der Waals surface area (Å²) in [6.07, 6.45) is 1.01. The lowest BCUT2D eigenvalue weighted by molar-refractivity contribution is -0.114. The first-order valence-electron chi connectivity index (χ1n) is 3.67. The number of hydrogen-bond acceptors (Lipinski definition) is 4. The second-order valence-electron chi connectivity index (χ2n) is 2.52. The average molecular weight is 196 g/mol. The van der Waals surface area contributed by atoms with Gasteiger partial charge in [-0.25, -0.2) is 9.78 Å². The second-order valence-corrected chi connectivity index (χ2v) is 2.52. The molecular weight excluding hydrogens is 188 g/mol. The first-order chi connectivity index (χ1) is 6.50. The fourth-order valence-electron chi connectivity index (χ4n) is 0.856. The van der Waals surface area contributed by atoms with Gasteiger partial charge in [-0.1, -0.05) is 0 Å². The Bertz CT molecular complexity index is 437. The van der Waals surface area contributed by atoms with Crippen molar-refractivity contribution in [1.82, 2.24) is 9.97 Å². The summed E-state index contributed by atoms with van der Waals surface area (Å²) in [4.78, 5) is 37.8. The number of H-pyrrole nitrogens is 1. The summed E-state index contributed by atoms with van der Waals surface area (Å²) < 4.78 is 0. The van der Waals surface area contributed by atoms with Gasteiger partial charge in [-0.3, -0.25) is 14.6 Å². The zero-order valence-electron chi connectivity index (χ0n) is 7.33. The molecular formula is C7H8N4O3. The predicted octanol–water partition coefficient (Wildman–Crippen LogP) is -1.17.